The zero-order valence-electron chi connectivity index (χ0n) is 17.5. The molecule has 0 bridgehead atoms. The Kier molecular flexibility index (Phi) is 7.16. The Morgan fingerprint density at radius 3 is 2.67 bits per heavy atom. The van der Waals surface area contributed by atoms with Gasteiger partial charge in [0.1, 0.15) is 5.82 Å². The van der Waals surface area contributed by atoms with Crippen LogP contribution in [0.2, 0.25) is 10.0 Å². The van der Waals surface area contributed by atoms with Crippen molar-refractivity contribution >= 4 is 29.0 Å². The summed E-state index contributed by atoms with van der Waals surface area (Å²) in [4.78, 5) is 9.38. The van der Waals surface area contributed by atoms with E-state index in [9.17, 15) is 0 Å². The molecule has 5 nitrogen and oxygen atoms in total. The molecule has 2 aliphatic heterocycles. The second-order valence-corrected chi connectivity index (χ2v) is 9.11. The summed E-state index contributed by atoms with van der Waals surface area (Å²) in [5, 5.41) is 1.48. The maximum Gasteiger partial charge on any atom is 0.130 e. The molecular weight excluding hydrogens is 421 g/mol. The third kappa shape index (κ3) is 5.09. The lowest BCUT2D eigenvalue weighted by molar-refractivity contribution is -0.101. The molecule has 30 heavy (non-hydrogen) atoms. The number of aromatic nitrogens is 1. The molecule has 0 radical (unpaired) electrons. The van der Waals surface area contributed by atoms with Gasteiger partial charge >= 0.3 is 0 Å². The summed E-state index contributed by atoms with van der Waals surface area (Å²) in [5.41, 5.74) is 1.28. The van der Waals surface area contributed by atoms with E-state index in [1.165, 1.54) is 5.56 Å². The first kappa shape index (κ1) is 21.8. The Morgan fingerprint density at radius 1 is 1.13 bits per heavy atom. The molecule has 2 fully saturated rings. The molecule has 3 heterocycles. The van der Waals surface area contributed by atoms with E-state index < -0.39 is 0 Å². The van der Waals surface area contributed by atoms with E-state index in [0.717, 1.165) is 49.9 Å². The van der Waals surface area contributed by atoms with Crippen molar-refractivity contribution in [3.63, 3.8) is 0 Å². The van der Waals surface area contributed by atoms with Crippen molar-refractivity contribution in [3.05, 3.63) is 58.2 Å². The molecule has 7 heteroatoms. The van der Waals surface area contributed by atoms with Gasteiger partial charge in [0.25, 0.3) is 0 Å². The van der Waals surface area contributed by atoms with Gasteiger partial charge < -0.3 is 14.4 Å². The Hall–Kier alpha value is -1.37. The van der Waals surface area contributed by atoms with E-state index in [1.54, 1.807) is 6.20 Å². The average Bonchev–Trinajstić information content (AvgIpc) is 2.76. The lowest BCUT2D eigenvalue weighted by Crippen LogP contribution is -2.62. The van der Waals surface area contributed by atoms with Gasteiger partial charge in [-0.05, 0) is 49.6 Å². The van der Waals surface area contributed by atoms with Gasteiger partial charge in [-0.1, -0.05) is 35.3 Å². The summed E-state index contributed by atoms with van der Waals surface area (Å²) in [6.45, 7) is 5.53. The SMILES string of the molecule is CO[C@@H]1CN(c2cc(Cl)ccn2)CCC1N1C[C@H](C)OC[C@@H]1Cc1ccc(Cl)cc1. The highest BCUT2D eigenvalue weighted by Gasteiger charge is 2.39. The van der Waals surface area contributed by atoms with E-state index >= 15 is 0 Å². The monoisotopic (exact) mass is 449 g/mol. The summed E-state index contributed by atoms with van der Waals surface area (Å²) < 4.78 is 12.0. The van der Waals surface area contributed by atoms with Crippen LogP contribution in [0.15, 0.2) is 42.6 Å². The zero-order chi connectivity index (χ0) is 21.1. The predicted molar refractivity (Wildman–Crippen MR) is 122 cm³/mol. The highest BCUT2D eigenvalue weighted by Crippen LogP contribution is 2.29. The van der Waals surface area contributed by atoms with Crippen molar-refractivity contribution in [2.24, 2.45) is 0 Å². The van der Waals surface area contributed by atoms with Crippen molar-refractivity contribution in [2.45, 2.75) is 44.1 Å². The average molecular weight is 450 g/mol. The fraction of sp³-hybridized carbons (Fsp3) is 0.522. The molecule has 162 valence electrons. The number of nitrogens with zero attached hydrogens (tertiary/aromatic N) is 3. The fourth-order valence-electron chi connectivity index (χ4n) is 4.63. The molecule has 1 unspecified atom stereocenters. The number of rotatable bonds is 5. The van der Waals surface area contributed by atoms with E-state index in [1.807, 2.05) is 31.4 Å². The minimum absolute atomic E-state index is 0.0950. The highest BCUT2D eigenvalue weighted by molar-refractivity contribution is 6.31. The molecule has 4 rings (SSSR count). The molecule has 0 N–H and O–H groups in total. The minimum atomic E-state index is 0.0950. The fourth-order valence-corrected chi connectivity index (χ4v) is 4.91. The maximum absolute atomic E-state index is 6.18. The van der Waals surface area contributed by atoms with Gasteiger partial charge in [0.15, 0.2) is 0 Å². The van der Waals surface area contributed by atoms with E-state index in [4.69, 9.17) is 32.7 Å². The summed E-state index contributed by atoms with van der Waals surface area (Å²) in [6, 6.07) is 12.5. The Labute approximate surface area is 188 Å². The van der Waals surface area contributed by atoms with Gasteiger partial charge in [0.2, 0.25) is 0 Å². The van der Waals surface area contributed by atoms with Gasteiger partial charge in [0, 0.05) is 55.1 Å². The zero-order valence-corrected chi connectivity index (χ0v) is 19.0. The molecule has 2 aliphatic rings. The molecule has 2 saturated heterocycles. The van der Waals surface area contributed by atoms with Gasteiger partial charge in [0.05, 0.1) is 18.8 Å². The van der Waals surface area contributed by atoms with Crippen LogP contribution in [0, 0.1) is 0 Å². The second kappa shape index (κ2) is 9.84. The van der Waals surface area contributed by atoms with Crippen LogP contribution in [-0.2, 0) is 15.9 Å². The number of anilines is 1. The summed E-state index contributed by atoms with van der Waals surface area (Å²) in [5.74, 6) is 0.913. The van der Waals surface area contributed by atoms with Crippen LogP contribution in [0.1, 0.15) is 18.9 Å². The third-order valence-corrected chi connectivity index (χ3v) is 6.67. The molecule has 0 saturated carbocycles. The summed E-state index contributed by atoms with van der Waals surface area (Å²) in [7, 11) is 1.81. The molecule has 1 aromatic carbocycles. The van der Waals surface area contributed by atoms with Crippen molar-refractivity contribution < 1.29 is 9.47 Å². The van der Waals surface area contributed by atoms with Crippen LogP contribution in [0.4, 0.5) is 5.82 Å². The van der Waals surface area contributed by atoms with E-state index in [2.05, 4.69) is 33.8 Å². The van der Waals surface area contributed by atoms with Gasteiger partial charge in [-0.2, -0.15) is 0 Å². The molecular formula is C23H29Cl2N3O2. The first-order valence-corrected chi connectivity index (χ1v) is 11.3. The van der Waals surface area contributed by atoms with Crippen molar-refractivity contribution in [1.82, 2.24) is 9.88 Å². The van der Waals surface area contributed by atoms with Crippen LogP contribution in [-0.4, -0.2) is 67.5 Å². The van der Waals surface area contributed by atoms with Gasteiger partial charge in [-0.3, -0.25) is 4.90 Å². The molecule has 1 aromatic heterocycles. The first-order chi connectivity index (χ1) is 14.5. The van der Waals surface area contributed by atoms with Crippen molar-refractivity contribution in [1.29, 1.82) is 0 Å². The Bertz CT molecular complexity index is 835. The summed E-state index contributed by atoms with van der Waals surface area (Å²) in [6.07, 6.45) is 4.03. The van der Waals surface area contributed by atoms with Crippen LogP contribution in [0.25, 0.3) is 0 Å². The summed E-state index contributed by atoms with van der Waals surface area (Å²) >= 11 is 12.2. The highest BCUT2D eigenvalue weighted by atomic mass is 35.5. The molecule has 2 aromatic rings. The number of methoxy groups -OCH3 is 1. The second-order valence-electron chi connectivity index (χ2n) is 8.23. The van der Waals surface area contributed by atoms with Gasteiger partial charge in [-0.25, -0.2) is 4.98 Å². The Balaban J connectivity index is 1.49. The number of hydrogen-bond acceptors (Lipinski definition) is 5. The molecule has 0 aliphatic carbocycles. The largest absolute Gasteiger partial charge is 0.378 e. The number of halogens is 2. The standard InChI is InChI=1S/C23H29Cl2N3O2/c1-16-13-28(20(15-30-16)11-17-3-5-18(24)6-4-17)21-8-10-27(14-22(21)29-2)23-12-19(25)7-9-26-23/h3-7,9,12,16,20-22H,8,10-11,13-15H2,1-2H3/t16-,20-,21?,22+/m0/s1. The topological polar surface area (TPSA) is 37.8 Å². The van der Waals surface area contributed by atoms with Gasteiger partial charge in [-0.15, -0.1) is 0 Å². The number of pyridine rings is 1. The minimum Gasteiger partial charge on any atom is -0.378 e. The lowest BCUT2D eigenvalue weighted by Gasteiger charge is -2.49. The number of piperidine rings is 1. The number of hydrogen-bond donors (Lipinski definition) is 0. The predicted octanol–water partition coefficient (Wildman–Crippen LogP) is 4.31. The van der Waals surface area contributed by atoms with Crippen LogP contribution in [0.3, 0.4) is 0 Å². The maximum atomic E-state index is 6.18. The van der Waals surface area contributed by atoms with Crippen LogP contribution < -0.4 is 4.90 Å². The lowest BCUT2D eigenvalue weighted by atomic mass is 9.94. The van der Waals surface area contributed by atoms with Crippen LogP contribution >= 0.6 is 23.2 Å². The Morgan fingerprint density at radius 2 is 1.93 bits per heavy atom. The first-order valence-electron chi connectivity index (χ1n) is 10.5. The van der Waals surface area contributed by atoms with E-state index in [0.29, 0.717) is 17.1 Å². The van der Waals surface area contributed by atoms with Crippen molar-refractivity contribution in [2.75, 3.05) is 38.3 Å². The third-order valence-electron chi connectivity index (χ3n) is 6.18. The number of benzene rings is 1. The number of ether oxygens (including phenoxy) is 2. The molecule has 0 spiro atoms. The van der Waals surface area contributed by atoms with E-state index in [-0.39, 0.29) is 12.2 Å². The number of morpholine rings is 1. The quantitative estimate of drug-likeness (QED) is 0.679. The van der Waals surface area contributed by atoms with Crippen molar-refractivity contribution in [3.8, 4) is 0 Å². The smallest absolute Gasteiger partial charge is 0.130 e. The molecule has 0 amide bonds. The normalized spacial score (nSPS) is 27.9. The van der Waals surface area contributed by atoms with Crippen LogP contribution in [0.5, 0.6) is 0 Å². The molecule has 4 atom stereocenters.